The number of esters is 1. The average molecular weight is 489 g/mol. The van der Waals surface area contributed by atoms with Gasteiger partial charge in [-0.15, -0.1) is 0 Å². The van der Waals surface area contributed by atoms with Gasteiger partial charge in [0.05, 0.1) is 0 Å². The van der Waals surface area contributed by atoms with Crippen molar-refractivity contribution in [1.82, 2.24) is 4.98 Å². The first-order chi connectivity index (χ1) is 14.3. The van der Waals surface area contributed by atoms with E-state index in [-0.39, 0.29) is 20.9 Å². The van der Waals surface area contributed by atoms with E-state index < -0.39 is 8.07 Å². The van der Waals surface area contributed by atoms with Gasteiger partial charge in [-0.05, 0) is 0 Å². The van der Waals surface area contributed by atoms with Crippen LogP contribution in [-0.4, -0.2) is 54.8 Å². The summed E-state index contributed by atoms with van der Waals surface area (Å²) in [6.07, 6.45) is 0. The molecule has 0 aliphatic rings. The Morgan fingerprint density at radius 2 is 1.63 bits per heavy atom. The predicted molar refractivity (Wildman–Crippen MR) is 125 cm³/mol. The van der Waals surface area contributed by atoms with Crippen LogP contribution >= 0.6 is 0 Å². The number of methoxy groups -OCH3 is 2. The maximum atomic E-state index is 12.9. The number of carbonyl (C=O) groups excluding carboxylic acids is 1. The topological polar surface area (TPSA) is 57.7 Å². The minimum absolute atomic E-state index is 0.0311. The summed E-state index contributed by atoms with van der Waals surface area (Å²) < 4.78 is 18.5. The number of aromatic nitrogens is 1. The molecule has 0 atom stereocenters. The van der Waals surface area contributed by atoms with Gasteiger partial charge in [0.15, 0.2) is 0 Å². The van der Waals surface area contributed by atoms with E-state index in [1.54, 1.807) is 14.2 Å². The molecule has 0 N–H and O–H groups in total. The molecule has 1 heterocycles. The molecule has 158 valence electrons. The summed E-state index contributed by atoms with van der Waals surface area (Å²) in [5.74, 6) is 1.26. The van der Waals surface area contributed by atoms with Crippen LogP contribution in [0.3, 0.4) is 0 Å². The maximum absolute atomic E-state index is 12.9. The number of rotatable bonds is 7. The minimum atomic E-state index is -1.94. The molecule has 3 aromatic rings. The summed E-state index contributed by atoms with van der Waals surface area (Å²) in [5, 5.41) is 2.10. The van der Waals surface area contributed by atoms with Crippen LogP contribution in [0.4, 0.5) is 0 Å². The van der Waals surface area contributed by atoms with Crippen molar-refractivity contribution in [2.45, 2.75) is 26.6 Å². The average Bonchev–Trinajstić information content (AvgIpc) is 2.73. The molecule has 0 radical (unpaired) electrons. The number of carbonyl (C=O) groups is 1. The molecule has 2 aromatic carbocycles. The molecule has 1 aromatic heterocycles. The summed E-state index contributed by atoms with van der Waals surface area (Å²) in [6, 6.07) is 13.9. The van der Waals surface area contributed by atoms with E-state index in [1.807, 2.05) is 37.3 Å². The fourth-order valence-corrected chi connectivity index (χ4v) is 9.18. The molecule has 0 saturated heterocycles. The molecule has 3 rings (SSSR count). The van der Waals surface area contributed by atoms with Gasteiger partial charge in [-0.1, -0.05) is 0 Å². The van der Waals surface area contributed by atoms with E-state index in [4.69, 9.17) is 19.2 Å². The Bertz CT molecular complexity index is 1060. The van der Waals surface area contributed by atoms with Crippen LogP contribution in [0, 0.1) is 0 Å². The van der Waals surface area contributed by atoms with Gasteiger partial charge in [-0.25, -0.2) is 0 Å². The zero-order valence-corrected chi connectivity index (χ0v) is 21.0. The van der Waals surface area contributed by atoms with E-state index in [2.05, 4.69) is 31.8 Å². The molecule has 7 heteroatoms. The number of benzene rings is 2. The Morgan fingerprint density at radius 3 is 2.20 bits per heavy atom. The van der Waals surface area contributed by atoms with Crippen LogP contribution in [0.5, 0.6) is 11.5 Å². The van der Waals surface area contributed by atoms with Crippen molar-refractivity contribution < 1.29 is 19.0 Å². The summed E-state index contributed by atoms with van der Waals surface area (Å²) in [5.41, 5.74) is 1.24. The van der Waals surface area contributed by atoms with E-state index in [1.165, 1.54) is 8.92 Å². The number of pyridine rings is 1. The molecule has 0 amide bonds. The molecule has 30 heavy (non-hydrogen) atoms. The first-order valence-electron chi connectivity index (χ1n) is 9.79. The number of hydrogen-bond donors (Lipinski definition) is 0. The van der Waals surface area contributed by atoms with Gasteiger partial charge < -0.3 is 0 Å². The van der Waals surface area contributed by atoms with Gasteiger partial charge in [0, 0.05) is 0 Å². The normalized spacial score (nSPS) is 11.4. The van der Waals surface area contributed by atoms with Crippen molar-refractivity contribution in [3.63, 3.8) is 0 Å². The number of ether oxygens (including phenoxy) is 3. The second-order valence-electron chi connectivity index (χ2n) is 7.80. The molecular weight excluding hydrogens is 461 g/mol. The molecule has 0 fully saturated rings. The summed E-state index contributed by atoms with van der Waals surface area (Å²) in [6.45, 7) is 8.87. The van der Waals surface area contributed by atoms with Gasteiger partial charge >= 0.3 is 185 Å². The van der Waals surface area contributed by atoms with Gasteiger partial charge in [-0.2, -0.15) is 0 Å². The monoisotopic (exact) mass is 489 g/mol. The Labute approximate surface area is 184 Å². The molecule has 5 nitrogen and oxygen atoms in total. The van der Waals surface area contributed by atoms with E-state index in [0.717, 1.165) is 27.6 Å². The first kappa shape index (κ1) is 22.3. The summed E-state index contributed by atoms with van der Waals surface area (Å²) in [4.78, 5) is 17.6. The third kappa shape index (κ3) is 4.69. The Kier molecular flexibility index (Phi) is 6.86. The third-order valence-corrected chi connectivity index (χ3v) is 9.42. The Morgan fingerprint density at radius 1 is 1.00 bits per heavy atom. The molecule has 0 aliphatic carbocycles. The number of fused-ring (bicyclic) bond motifs is 1. The van der Waals surface area contributed by atoms with Gasteiger partial charge in [0.25, 0.3) is 0 Å². The van der Waals surface area contributed by atoms with Crippen LogP contribution in [0.1, 0.15) is 17.4 Å². The molecule has 0 aliphatic heterocycles. The molecular formula is C23H27NO4SeSi. The SMILES string of the molecule is CCOC(=O)c1nc2ccc(OC)cc2c([Se]c2ccc(OC)cc2)c1[Si](C)(C)C. The zero-order chi connectivity index (χ0) is 21.9. The van der Waals surface area contributed by atoms with Gasteiger partial charge in [-0.3, -0.25) is 0 Å². The fraction of sp³-hybridized carbons (Fsp3) is 0.304. The molecule has 0 spiro atoms. The molecule has 0 bridgehead atoms. The van der Waals surface area contributed by atoms with Crippen molar-refractivity contribution in [2.75, 3.05) is 20.8 Å². The van der Waals surface area contributed by atoms with Crippen LogP contribution in [0.2, 0.25) is 19.6 Å². The van der Waals surface area contributed by atoms with E-state index in [9.17, 15) is 4.79 Å². The molecule has 0 saturated carbocycles. The van der Waals surface area contributed by atoms with E-state index >= 15 is 0 Å². The fourth-order valence-electron chi connectivity index (χ4n) is 3.25. The van der Waals surface area contributed by atoms with Crippen LogP contribution in [0.15, 0.2) is 42.5 Å². The van der Waals surface area contributed by atoms with Crippen molar-refractivity contribution in [3.05, 3.63) is 48.2 Å². The van der Waals surface area contributed by atoms with Crippen molar-refractivity contribution >= 4 is 54.0 Å². The Hall–Kier alpha value is -2.34. The third-order valence-electron chi connectivity index (χ3n) is 4.64. The molecule has 0 unspecified atom stereocenters. The van der Waals surface area contributed by atoms with Crippen LogP contribution in [-0.2, 0) is 4.74 Å². The number of hydrogen-bond acceptors (Lipinski definition) is 5. The number of nitrogens with zero attached hydrogens (tertiary/aromatic N) is 1. The Balaban J connectivity index is 2.31. The second-order valence-corrected chi connectivity index (χ2v) is 15.1. The predicted octanol–water partition coefficient (Wildman–Crippen LogP) is 2.63. The summed E-state index contributed by atoms with van der Waals surface area (Å²) in [7, 11) is 1.38. The zero-order valence-electron chi connectivity index (χ0n) is 18.2. The van der Waals surface area contributed by atoms with Crippen LogP contribution in [0.25, 0.3) is 10.9 Å². The summed E-state index contributed by atoms with van der Waals surface area (Å²) >= 11 is -0.0311. The van der Waals surface area contributed by atoms with Gasteiger partial charge in [0.2, 0.25) is 0 Å². The second kappa shape index (κ2) is 9.21. The standard InChI is InChI=1S/C23H27NO4SeSi/c1-7-28-23(25)20-22(30(4,5)6)21(29-17-11-8-15(26-2)9-12-17)18-14-16(27-3)10-13-19(18)24-20/h8-14H,7H2,1-6H3. The van der Waals surface area contributed by atoms with Crippen molar-refractivity contribution in [3.8, 4) is 11.5 Å². The van der Waals surface area contributed by atoms with Crippen molar-refractivity contribution in [1.29, 1.82) is 0 Å². The van der Waals surface area contributed by atoms with Gasteiger partial charge in [0.1, 0.15) is 0 Å². The quantitative estimate of drug-likeness (QED) is 0.378. The first-order valence-corrected chi connectivity index (χ1v) is 15.0. The van der Waals surface area contributed by atoms with Crippen LogP contribution < -0.4 is 23.6 Å². The van der Waals surface area contributed by atoms with E-state index in [0.29, 0.717) is 12.3 Å². The van der Waals surface area contributed by atoms with Crippen molar-refractivity contribution in [2.24, 2.45) is 0 Å².